The molecule has 0 aliphatic heterocycles. The predicted octanol–water partition coefficient (Wildman–Crippen LogP) is 3.02. The van der Waals surface area contributed by atoms with Crippen LogP contribution in [0.3, 0.4) is 0 Å². The van der Waals surface area contributed by atoms with Crippen LogP contribution in [-0.4, -0.2) is 29.0 Å². The molecule has 2 aromatic rings. The van der Waals surface area contributed by atoms with Gasteiger partial charge in [-0.1, -0.05) is 11.6 Å². The summed E-state index contributed by atoms with van der Waals surface area (Å²) in [6, 6.07) is 6.80. The monoisotopic (exact) mass is 320 g/mol. The molecule has 0 saturated heterocycles. The molecule has 0 spiro atoms. The van der Waals surface area contributed by atoms with E-state index in [1.54, 1.807) is 31.4 Å². The van der Waals surface area contributed by atoms with Crippen molar-refractivity contribution in [1.82, 2.24) is 15.3 Å². The summed E-state index contributed by atoms with van der Waals surface area (Å²) in [5.41, 5.74) is 0.941. The summed E-state index contributed by atoms with van der Waals surface area (Å²) < 4.78 is 5.26. The maximum Gasteiger partial charge on any atom is 0.270 e. The highest BCUT2D eigenvalue weighted by molar-refractivity contribution is 6.31. The van der Waals surface area contributed by atoms with Crippen LogP contribution < -0.4 is 15.4 Å². The lowest BCUT2D eigenvalue weighted by Gasteiger charge is -2.12. The van der Waals surface area contributed by atoms with Gasteiger partial charge in [0.15, 0.2) is 0 Å². The van der Waals surface area contributed by atoms with E-state index in [9.17, 15) is 4.79 Å². The SMILES string of the molecule is COc1ccc(Cl)cc1Nc1cc(C(=O)NC(C)C)ncn1. The summed E-state index contributed by atoms with van der Waals surface area (Å²) in [5.74, 6) is 0.846. The van der Waals surface area contributed by atoms with E-state index in [1.807, 2.05) is 13.8 Å². The van der Waals surface area contributed by atoms with Crippen LogP contribution in [0.25, 0.3) is 0 Å². The molecule has 0 saturated carbocycles. The van der Waals surface area contributed by atoms with Crippen LogP contribution in [-0.2, 0) is 0 Å². The second-order valence-electron chi connectivity index (χ2n) is 4.89. The van der Waals surface area contributed by atoms with Crippen molar-refractivity contribution in [2.24, 2.45) is 0 Å². The van der Waals surface area contributed by atoms with Crippen LogP contribution in [0.15, 0.2) is 30.6 Å². The summed E-state index contributed by atoms with van der Waals surface area (Å²) >= 11 is 5.99. The van der Waals surface area contributed by atoms with Crippen LogP contribution in [0, 0.1) is 0 Å². The number of rotatable bonds is 5. The van der Waals surface area contributed by atoms with Gasteiger partial charge in [0, 0.05) is 17.1 Å². The second-order valence-corrected chi connectivity index (χ2v) is 5.32. The molecule has 0 aliphatic rings. The summed E-state index contributed by atoms with van der Waals surface area (Å²) in [7, 11) is 1.57. The van der Waals surface area contributed by atoms with Crippen molar-refractivity contribution in [3.8, 4) is 5.75 Å². The first-order chi connectivity index (χ1) is 10.5. The quantitative estimate of drug-likeness (QED) is 0.885. The number of aromatic nitrogens is 2. The Kier molecular flexibility index (Phi) is 5.16. The predicted molar refractivity (Wildman–Crippen MR) is 85.9 cm³/mol. The molecular weight excluding hydrogens is 304 g/mol. The van der Waals surface area contributed by atoms with Crippen molar-refractivity contribution >= 4 is 29.0 Å². The fourth-order valence-electron chi connectivity index (χ4n) is 1.80. The molecule has 0 unspecified atom stereocenters. The van der Waals surface area contributed by atoms with Crippen molar-refractivity contribution < 1.29 is 9.53 Å². The number of ether oxygens (including phenoxy) is 1. The fraction of sp³-hybridized carbons (Fsp3) is 0.267. The lowest BCUT2D eigenvalue weighted by molar-refractivity contribution is 0.0938. The maximum absolute atomic E-state index is 12.0. The van der Waals surface area contributed by atoms with Crippen LogP contribution >= 0.6 is 11.6 Å². The highest BCUT2D eigenvalue weighted by atomic mass is 35.5. The van der Waals surface area contributed by atoms with Gasteiger partial charge in [-0.2, -0.15) is 0 Å². The number of halogens is 1. The molecule has 116 valence electrons. The molecular formula is C15H17ClN4O2. The van der Waals surface area contributed by atoms with E-state index in [0.29, 0.717) is 22.3 Å². The summed E-state index contributed by atoms with van der Waals surface area (Å²) in [4.78, 5) is 20.0. The number of hydrogen-bond acceptors (Lipinski definition) is 5. The minimum Gasteiger partial charge on any atom is -0.495 e. The van der Waals surface area contributed by atoms with Gasteiger partial charge in [-0.3, -0.25) is 4.79 Å². The zero-order valence-corrected chi connectivity index (χ0v) is 13.3. The first-order valence-electron chi connectivity index (χ1n) is 6.73. The number of amides is 1. The average molecular weight is 321 g/mol. The molecule has 1 aromatic carbocycles. The zero-order chi connectivity index (χ0) is 16.1. The highest BCUT2D eigenvalue weighted by Gasteiger charge is 2.11. The van der Waals surface area contributed by atoms with Gasteiger partial charge in [0.25, 0.3) is 5.91 Å². The normalized spacial score (nSPS) is 10.4. The lowest BCUT2D eigenvalue weighted by Crippen LogP contribution is -2.30. The Balaban J connectivity index is 2.24. The second kappa shape index (κ2) is 7.09. The molecule has 0 atom stereocenters. The molecule has 0 fully saturated rings. The van der Waals surface area contributed by atoms with Gasteiger partial charge in [0.2, 0.25) is 0 Å². The lowest BCUT2D eigenvalue weighted by atomic mass is 10.2. The summed E-state index contributed by atoms with van der Waals surface area (Å²) in [6.07, 6.45) is 1.33. The number of nitrogens with one attached hydrogen (secondary N) is 2. The van der Waals surface area contributed by atoms with E-state index < -0.39 is 0 Å². The fourth-order valence-corrected chi connectivity index (χ4v) is 1.97. The number of carbonyl (C=O) groups excluding carboxylic acids is 1. The van der Waals surface area contributed by atoms with Gasteiger partial charge >= 0.3 is 0 Å². The maximum atomic E-state index is 12.0. The Morgan fingerprint density at radius 2 is 2.05 bits per heavy atom. The van der Waals surface area contributed by atoms with Crippen LogP contribution in [0.4, 0.5) is 11.5 Å². The van der Waals surface area contributed by atoms with E-state index in [4.69, 9.17) is 16.3 Å². The van der Waals surface area contributed by atoms with E-state index in [2.05, 4.69) is 20.6 Å². The third kappa shape index (κ3) is 4.08. The van der Waals surface area contributed by atoms with Crippen molar-refractivity contribution in [1.29, 1.82) is 0 Å². The number of hydrogen-bond donors (Lipinski definition) is 2. The molecule has 1 amide bonds. The van der Waals surface area contributed by atoms with Crippen LogP contribution in [0.1, 0.15) is 24.3 Å². The Bertz CT molecular complexity index is 676. The molecule has 2 rings (SSSR count). The Morgan fingerprint density at radius 3 is 2.73 bits per heavy atom. The molecule has 6 nitrogen and oxygen atoms in total. The van der Waals surface area contributed by atoms with E-state index in [1.165, 1.54) is 6.33 Å². The third-order valence-electron chi connectivity index (χ3n) is 2.74. The Morgan fingerprint density at radius 1 is 1.27 bits per heavy atom. The smallest absolute Gasteiger partial charge is 0.270 e. The topological polar surface area (TPSA) is 76.1 Å². The molecule has 7 heteroatoms. The van der Waals surface area contributed by atoms with Gasteiger partial charge in [-0.15, -0.1) is 0 Å². The van der Waals surface area contributed by atoms with Crippen molar-refractivity contribution in [2.45, 2.75) is 19.9 Å². The van der Waals surface area contributed by atoms with E-state index >= 15 is 0 Å². The number of nitrogens with zero attached hydrogens (tertiary/aromatic N) is 2. The molecule has 2 N–H and O–H groups in total. The van der Waals surface area contributed by atoms with Crippen LogP contribution in [0.2, 0.25) is 5.02 Å². The van der Waals surface area contributed by atoms with Gasteiger partial charge in [-0.25, -0.2) is 9.97 Å². The van der Waals surface area contributed by atoms with E-state index in [0.717, 1.165) is 0 Å². The molecule has 1 heterocycles. The van der Waals surface area contributed by atoms with Crippen molar-refractivity contribution in [3.05, 3.63) is 41.3 Å². The molecule has 0 aliphatic carbocycles. The standard InChI is InChI=1S/C15H17ClN4O2/c1-9(2)19-15(21)12-7-14(18-8-17-12)20-11-6-10(16)4-5-13(11)22-3/h4-9H,1-3H3,(H,19,21)(H,17,18,20). The van der Waals surface area contributed by atoms with Crippen LogP contribution in [0.5, 0.6) is 5.75 Å². The molecule has 1 aromatic heterocycles. The first-order valence-corrected chi connectivity index (χ1v) is 7.11. The minimum atomic E-state index is -0.251. The minimum absolute atomic E-state index is 0.0342. The largest absolute Gasteiger partial charge is 0.495 e. The number of methoxy groups -OCH3 is 1. The van der Waals surface area contributed by atoms with Crippen molar-refractivity contribution in [2.75, 3.05) is 12.4 Å². The van der Waals surface area contributed by atoms with Gasteiger partial charge < -0.3 is 15.4 Å². The number of benzene rings is 1. The Labute approximate surface area is 133 Å². The molecule has 0 bridgehead atoms. The number of anilines is 2. The Hall–Kier alpha value is -2.34. The molecule has 22 heavy (non-hydrogen) atoms. The van der Waals surface area contributed by atoms with Gasteiger partial charge in [0.05, 0.1) is 12.8 Å². The van der Waals surface area contributed by atoms with Gasteiger partial charge in [-0.05, 0) is 32.0 Å². The first kappa shape index (κ1) is 16.0. The van der Waals surface area contributed by atoms with E-state index in [-0.39, 0.29) is 17.6 Å². The van der Waals surface area contributed by atoms with Crippen molar-refractivity contribution in [3.63, 3.8) is 0 Å². The average Bonchev–Trinajstić information content (AvgIpc) is 2.47. The zero-order valence-electron chi connectivity index (χ0n) is 12.6. The number of carbonyl (C=O) groups is 1. The highest BCUT2D eigenvalue weighted by Crippen LogP contribution is 2.29. The summed E-state index contributed by atoms with van der Waals surface area (Å²) in [5, 5.41) is 6.42. The van der Waals surface area contributed by atoms with Gasteiger partial charge in [0.1, 0.15) is 23.6 Å². The third-order valence-corrected chi connectivity index (χ3v) is 2.98. The molecule has 0 radical (unpaired) electrons. The summed E-state index contributed by atoms with van der Waals surface area (Å²) in [6.45, 7) is 3.77.